The summed E-state index contributed by atoms with van der Waals surface area (Å²) in [5.41, 5.74) is 11.5. The van der Waals surface area contributed by atoms with Gasteiger partial charge in [0.1, 0.15) is 0 Å². The number of halogens is 3. The summed E-state index contributed by atoms with van der Waals surface area (Å²) in [6.07, 6.45) is 0. The number of hydrogen-bond donors (Lipinski definition) is 0. The summed E-state index contributed by atoms with van der Waals surface area (Å²) in [6.45, 7) is 11.0. The van der Waals surface area contributed by atoms with E-state index in [2.05, 4.69) is 120 Å². The normalized spacial score (nSPS) is 10.2. The van der Waals surface area contributed by atoms with E-state index in [1.165, 1.54) is 50.1 Å². The Hall–Kier alpha value is -1.41. The Kier molecular flexibility index (Phi) is 12.3. The van der Waals surface area contributed by atoms with Crippen molar-refractivity contribution < 1.29 is 58.9 Å². The van der Waals surface area contributed by atoms with Crippen LogP contribution in [0.5, 0.6) is 0 Å². The Morgan fingerprint density at radius 2 is 0.879 bits per heavy atom. The van der Waals surface area contributed by atoms with Crippen molar-refractivity contribution in [1.82, 2.24) is 0 Å². The molecular formula is C29H29Cl3Ti. The number of aryl methyl sites for hydroxylation is 5. The van der Waals surface area contributed by atoms with Crippen LogP contribution in [0.25, 0.3) is 0 Å². The predicted molar refractivity (Wildman–Crippen MR) is 124 cm³/mol. The summed E-state index contributed by atoms with van der Waals surface area (Å²) in [5.74, 6) is 0. The van der Waals surface area contributed by atoms with Gasteiger partial charge in [0, 0.05) is 5.41 Å². The molecule has 33 heavy (non-hydrogen) atoms. The van der Waals surface area contributed by atoms with Gasteiger partial charge in [-0.1, -0.05) is 103 Å². The molecule has 0 aliphatic rings. The molecule has 4 heteroatoms. The van der Waals surface area contributed by atoms with Crippen LogP contribution in [0, 0.1) is 34.6 Å². The maximum atomic E-state index is 2.38. The van der Waals surface area contributed by atoms with Crippen molar-refractivity contribution in [2.45, 2.75) is 40.0 Å². The van der Waals surface area contributed by atoms with Crippen molar-refractivity contribution in [3.8, 4) is 0 Å². The standard InChI is InChI=1S/C29H29.3ClH.Ti/c1-20-9-6-12-25(16-20)29(26-13-7-10-21(2)17-26,27-14-8-11-22(3)18-27)28-19-23(4)15-24(28)5;;;;/h6-19H,1-5H3;3*1H;/q-1;;;;+4/p-3. The molecular weight excluding hydrogens is 503 g/mol. The first-order chi connectivity index (χ1) is 13.9. The maximum absolute atomic E-state index is 2.38. The first-order valence-corrected chi connectivity index (χ1v) is 10.4. The molecule has 0 fully saturated rings. The molecule has 4 rings (SSSR count). The van der Waals surface area contributed by atoms with Crippen LogP contribution < -0.4 is 37.2 Å². The van der Waals surface area contributed by atoms with Crippen LogP contribution in [0.3, 0.4) is 0 Å². The first kappa shape index (κ1) is 31.6. The Morgan fingerprint density at radius 3 is 1.15 bits per heavy atom. The van der Waals surface area contributed by atoms with E-state index < -0.39 is 0 Å². The predicted octanol–water partition coefficient (Wildman–Crippen LogP) is -1.66. The summed E-state index contributed by atoms with van der Waals surface area (Å²) in [7, 11) is 0. The van der Waals surface area contributed by atoms with Crippen molar-refractivity contribution >= 4 is 0 Å². The maximum Gasteiger partial charge on any atom is 4.00 e. The van der Waals surface area contributed by atoms with Crippen LogP contribution in [0.15, 0.2) is 84.9 Å². The van der Waals surface area contributed by atoms with E-state index in [9.17, 15) is 0 Å². The summed E-state index contributed by atoms with van der Waals surface area (Å²) < 4.78 is 0. The zero-order valence-corrected chi connectivity index (χ0v) is 23.5. The van der Waals surface area contributed by atoms with E-state index in [0.29, 0.717) is 0 Å². The SMILES string of the molecule is Cc1cccc(C(c2cccc(C)c2)(c2cccc(C)c2)[c-]2cc(C)cc2C)c1.[Cl-].[Cl-].[Cl-].[Ti+4]. The van der Waals surface area contributed by atoms with Crippen LogP contribution >= 0.6 is 0 Å². The zero-order valence-electron chi connectivity index (χ0n) is 19.7. The van der Waals surface area contributed by atoms with Gasteiger partial charge in [0.15, 0.2) is 0 Å². The number of rotatable bonds is 4. The molecule has 0 aliphatic heterocycles. The fraction of sp³-hybridized carbons (Fsp3) is 0.207. The molecule has 0 amide bonds. The molecule has 0 spiro atoms. The second-order valence-corrected chi connectivity index (χ2v) is 8.49. The third kappa shape index (κ3) is 6.00. The average molecular weight is 532 g/mol. The van der Waals surface area contributed by atoms with Crippen LogP contribution in [-0.4, -0.2) is 0 Å². The molecule has 170 valence electrons. The van der Waals surface area contributed by atoms with Crippen molar-refractivity contribution in [3.05, 3.63) is 135 Å². The monoisotopic (exact) mass is 530 g/mol. The van der Waals surface area contributed by atoms with Crippen molar-refractivity contribution in [2.24, 2.45) is 0 Å². The molecule has 4 aromatic rings. The number of hydrogen-bond acceptors (Lipinski definition) is 0. The minimum atomic E-state index is -0.345. The molecule has 4 aromatic carbocycles. The second-order valence-electron chi connectivity index (χ2n) is 8.49. The first-order valence-electron chi connectivity index (χ1n) is 10.4. The minimum absolute atomic E-state index is 0. The van der Waals surface area contributed by atoms with Crippen molar-refractivity contribution in [1.29, 1.82) is 0 Å². The van der Waals surface area contributed by atoms with Crippen molar-refractivity contribution in [2.75, 3.05) is 0 Å². The van der Waals surface area contributed by atoms with E-state index >= 15 is 0 Å². The third-order valence-electron chi connectivity index (χ3n) is 6.00. The Balaban J connectivity index is 0.00000256. The quantitative estimate of drug-likeness (QED) is 0.168. The fourth-order valence-electron chi connectivity index (χ4n) is 4.81. The van der Waals surface area contributed by atoms with Gasteiger partial charge in [-0.2, -0.15) is 11.6 Å². The second kappa shape index (κ2) is 12.9. The summed E-state index contributed by atoms with van der Waals surface area (Å²) in [4.78, 5) is 0. The molecule has 0 bridgehead atoms. The Bertz CT molecular complexity index is 1070. The molecule has 0 N–H and O–H groups in total. The van der Waals surface area contributed by atoms with Gasteiger partial charge < -0.3 is 37.2 Å². The van der Waals surface area contributed by atoms with Crippen LogP contribution in [0.2, 0.25) is 0 Å². The van der Waals surface area contributed by atoms with Gasteiger partial charge in [-0.3, -0.25) is 0 Å². The van der Waals surface area contributed by atoms with Crippen LogP contribution in [-0.2, 0) is 27.1 Å². The molecule has 0 atom stereocenters. The van der Waals surface area contributed by atoms with Gasteiger partial charge >= 0.3 is 21.7 Å². The summed E-state index contributed by atoms with van der Waals surface area (Å²) in [5, 5.41) is 0. The fourth-order valence-corrected chi connectivity index (χ4v) is 4.81. The molecule has 0 unspecified atom stereocenters. The molecule has 0 nitrogen and oxygen atoms in total. The van der Waals surface area contributed by atoms with Gasteiger partial charge in [0.2, 0.25) is 0 Å². The molecule has 0 aromatic heterocycles. The third-order valence-corrected chi connectivity index (χ3v) is 6.00. The Labute approximate surface area is 232 Å². The van der Waals surface area contributed by atoms with E-state index in [-0.39, 0.29) is 64.4 Å². The van der Waals surface area contributed by atoms with Gasteiger partial charge in [-0.05, 0) is 37.5 Å². The van der Waals surface area contributed by atoms with Crippen LogP contribution in [0.1, 0.15) is 50.1 Å². The zero-order chi connectivity index (χ0) is 20.6. The van der Waals surface area contributed by atoms with Gasteiger partial charge in [-0.15, -0.1) is 5.56 Å². The van der Waals surface area contributed by atoms with Crippen molar-refractivity contribution in [3.63, 3.8) is 0 Å². The smallest absolute Gasteiger partial charge is 1.00 e. The number of benzene rings is 3. The van der Waals surface area contributed by atoms with Gasteiger partial charge in [-0.25, -0.2) is 11.6 Å². The summed E-state index contributed by atoms with van der Waals surface area (Å²) in [6, 6.07) is 31.7. The van der Waals surface area contributed by atoms with Gasteiger partial charge in [0.25, 0.3) is 0 Å². The molecule has 0 heterocycles. The van der Waals surface area contributed by atoms with E-state index in [1.807, 2.05) is 0 Å². The minimum Gasteiger partial charge on any atom is -1.00 e. The topological polar surface area (TPSA) is 0 Å². The molecule has 0 radical (unpaired) electrons. The Morgan fingerprint density at radius 1 is 0.515 bits per heavy atom. The molecule has 0 saturated heterocycles. The van der Waals surface area contributed by atoms with E-state index in [4.69, 9.17) is 0 Å². The largest absolute Gasteiger partial charge is 4.00 e. The summed E-state index contributed by atoms with van der Waals surface area (Å²) >= 11 is 0. The van der Waals surface area contributed by atoms with Gasteiger partial charge in [0.05, 0.1) is 0 Å². The van der Waals surface area contributed by atoms with E-state index in [1.54, 1.807) is 0 Å². The molecule has 0 aliphatic carbocycles. The average Bonchev–Trinajstić information content (AvgIpc) is 3.01. The van der Waals surface area contributed by atoms with Crippen LogP contribution in [0.4, 0.5) is 0 Å². The van der Waals surface area contributed by atoms with E-state index in [0.717, 1.165) is 0 Å². The molecule has 0 saturated carbocycles.